The van der Waals surface area contributed by atoms with Gasteiger partial charge in [0.15, 0.2) is 0 Å². The van der Waals surface area contributed by atoms with Crippen molar-refractivity contribution < 1.29 is 17.6 Å². The molecule has 8 heteroatoms. The van der Waals surface area contributed by atoms with Gasteiger partial charge >= 0.3 is 0 Å². The lowest BCUT2D eigenvalue weighted by molar-refractivity contribution is -0.124. The fraction of sp³-hybridized carbons (Fsp3) is 0.533. The highest BCUT2D eigenvalue weighted by Crippen LogP contribution is 2.28. The Morgan fingerprint density at radius 1 is 1.35 bits per heavy atom. The quantitative estimate of drug-likeness (QED) is 0.714. The van der Waals surface area contributed by atoms with Gasteiger partial charge in [-0.3, -0.25) is 4.79 Å². The molecule has 1 atom stereocenters. The molecule has 4 N–H and O–H groups in total. The van der Waals surface area contributed by atoms with Crippen LogP contribution < -0.4 is 15.8 Å². The molecule has 0 radical (unpaired) electrons. The Morgan fingerprint density at radius 2 is 1.96 bits per heavy atom. The molecular formula is C15H22FN3O3S. The highest BCUT2D eigenvalue weighted by molar-refractivity contribution is 7.89. The van der Waals surface area contributed by atoms with Crippen LogP contribution in [0.25, 0.3) is 0 Å². The van der Waals surface area contributed by atoms with Gasteiger partial charge in [-0.25, -0.2) is 12.8 Å². The van der Waals surface area contributed by atoms with E-state index in [1.807, 2.05) is 0 Å². The lowest BCUT2D eigenvalue weighted by Gasteiger charge is -2.30. The first kappa shape index (κ1) is 17.8. The molecule has 0 bridgehead atoms. The highest BCUT2D eigenvalue weighted by atomic mass is 32.2. The van der Waals surface area contributed by atoms with Crippen LogP contribution >= 0.6 is 0 Å². The first-order chi connectivity index (χ1) is 10.8. The number of nitrogens with one attached hydrogen (secondary N) is 2. The fourth-order valence-electron chi connectivity index (χ4n) is 2.81. The van der Waals surface area contributed by atoms with Crippen molar-refractivity contribution in [1.29, 1.82) is 0 Å². The lowest BCUT2D eigenvalue weighted by atomic mass is 9.97. The van der Waals surface area contributed by atoms with Gasteiger partial charge in [0.1, 0.15) is 10.7 Å². The SMILES string of the molecule is CC(NS(=O)(=O)c1ccccc1F)C(=O)NC1(CN)CCCC1. The molecule has 6 nitrogen and oxygen atoms in total. The van der Waals surface area contributed by atoms with E-state index in [0.717, 1.165) is 37.8 Å². The van der Waals surface area contributed by atoms with Crippen LogP contribution in [0, 0.1) is 5.82 Å². The van der Waals surface area contributed by atoms with Gasteiger partial charge in [0, 0.05) is 6.54 Å². The molecule has 0 aliphatic heterocycles. The summed E-state index contributed by atoms with van der Waals surface area (Å²) in [6.45, 7) is 1.73. The van der Waals surface area contributed by atoms with Gasteiger partial charge in [-0.15, -0.1) is 0 Å². The number of hydrogen-bond donors (Lipinski definition) is 3. The van der Waals surface area contributed by atoms with E-state index in [2.05, 4.69) is 10.0 Å². The molecule has 0 saturated heterocycles. The second-order valence-electron chi connectivity index (χ2n) is 5.95. The number of nitrogens with two attached hydrogens (primary N) is 1. The minimum atomic E-state index is -4.11. The number of amides is 1. The second kappa shape index (κ2) is 6.94. The number of halogens is 1. The molecule has 1 fully saturated rings. The highest BCUT2D eigenvalue weighted by Gasteiger charge is 2.35. The van der Waals surface area contributed by atoms with Crippen molar-refractivity contribution in [2.75, 3.05) is 6.54 Å². The zero-order valence-corrected chi connectivity index (χ0v) is 13.8. The van der Waals surface area contributed by atoms with E-state index in [-0.39, 0.29) is 0 Å². The van der Waals surface area contributed by atoms with Gasteiger partial charge in [0.05, 0.1) is 11.6 Å². The zero-order valence-electron chi connectivity index (χ0n) is 13.0. The first-order valence-corrected chi connectivity index (χ1v) is 9.07. The summed E-state index contributed by atoms with van der Waals surface area (Å²) in [6.07, 6.45) is 3.52. The van der Waals surface area contributed by atoms with Crippen molar-refractivity contribution in [1.82, 2.24) is 10.0 Å². The summed E-state index contributed by atoms with van der Waals surface area (Å²) in [7, 11) is -4.11. The van der Waals surface area contributed by atoms with E-state index in [4.69, 9.17) is 5.73 Å². The summed E-state index contributed by atoms with van der Waals surface area (Å²) < 4.78 is 40.2. The van der Waals surface area contributed by atoms with Crippen molar-refractivity contribution in [3.05, 3.63) is 30.1 Å². The number of hydrogen-bond acceptors (Lipinski definition) is 4. The standard InChI is InChI=1S/C15H22FN3O3S/c1-11(14(20)18-15(10-17)8-4-5-9-15)19-23(21,22)13-7-3-2-6-12(13)16/h2-3,6-7,11,19H,4-5,8-10,17H2,1H3,(H,18,20). The smallest absolute Gasteiger partial charge is 0.244 e. The van der Waals surface area contributed by atoms with Crippen molar-refractivity contribution in [2.45, 2.75) is 49.1 Å². The molecule has 128 valence electrons. The third-order valence-electron chi connectivity index (χ3n) is 4.19. The van der Waals surface area contributed by atoms with E-state index in [0.29, 0.717) is 6.54 Å². The van der Waals surface area contributed by atoms with Crippen molar-refractivity contribution in [3.8, 4) is 0 Å². The lowest BCUT2D eigenvalue weighted by Crippen LogP contribution is -2.56. The predicted molar refractivity (Wildman–Crippen MR) is 84.6 cm³/mol. The number of benzene rings is 1. The van der Waals surface area contributed by atoms with Gasteiger partial charge < -0.3 is 11.1 Å². The Morgan fingerprint density at radius 3 is 2.52 bits per heavy atom. The van der Waals surface area contributed by atoms with Crippen LogP contribution in [-0.4, -0.2) is 32.5 Å². The van der Waals surface area contributed by atoms with Crippen LogP contribution in [0.5, 0.6) is 0 Å². The van der Waals surface area contributed by atoms with Crippen molar-refractivity contribution in [3.63, 3.8) is 0 Å². The van der Waals surface area contributed by atoms with Gasteiger partial charge in [-0.1, -0.05) is 25.0 Å². The third kappa shape index (κ3) is 4.07. The Kier molecular flexibility index (Phi) is 5.38. The van der Waals surface area contributed by atoms with E-state index in [1.54, 1.807) is 0 Å². The summed E-state index contributed by atoms with van der Waals surface area (Å²) in [5.41, 5.74) is 5.29. The normalized spacial score (nSPS) is 18.6. The molecule has 0 spiro atoms. The van der Waals surface area contributed by atoms with E-state index in [9.17, 15) is 17.6 Å². The summed E-state index contributed by atoms with van der Waals surface area (Å²) in [5.74, 6) is -1.32. The molecule has 1 aromatic rings. The van der Waals surface area contributed by atoms with Gasteiger partial charge in [-0.2, -0.15) is 4.72 Å². The second-order valence-corrected chi connectivity index (χ2v) is 7.64. The van der Waals surface area contributed by atoms with E-state index < -0.39 is 38.2 Å². The minimum absolute atomic E-state index is 0.311. The number of carbonyl (C=O) groups is 1. The van der Waals surface area contributed by atoms with Crippen LogP contribution in [0.1, 0.15) is 32.6 Å². The third-order valence-corrected chi connectivity index (χ3v) is 5.77. The molecule has 2 rings (SSSR count). The van der Waals surface area contributed by atoms with Crippen LogP contribution in [-0.2, 0) is 14.8 Å². The van der Waals surface area contributed by atoms with Gasteiger partial charge in [-0.05, 0) is 31.9 Å². The Balaban J connectivity index is 2.07. The predicted octanol–water partition coefficient (Wildman–Crippen LogP) is 0.880. The van der Waals surface area contributed by atoms with Gasteiger partial charge in [0.2, 0.25) is 15.9 Å². The molecule has 0 aromatic heterocycles. The largest absolute Gasteiger partial charge is 0.348 e. The first-order valence-electron chi connectivity index (χ1n) is 7.59. The molecule has 1 aromatic carbocycles. The Hall–Kier alpha value is -1.51. The maximum Gasteiger partial charge on any atom is 0.244 e. The van der Waals surface area contributed by atoms with Crippen LogP contribution in [0.2, 0.25) is 0 Å². The van der Waals surface area contributed by atoms with Crippen molar-refractivity contribution >= 4 is 15.9 Å². The monoisotopic (exact) mass is 343 g/mol. The Bertz CT molecular complexity index is 672. The molecule has 1 aliphatic rings. The molecule has 1 unspecified atom stereocenters. The molecule has 1 aliphatic carbocycles. The number of carbonyl (C=O) groups excluding carboxylic acids is 1. The maximum absolute atomic E-state index is 13.6. The number of sulfonamides is 1. The van der Waals surface area contributed by atoms with Gasteiger partial charge in [0.25, 0.3) is 0 Å². The summed E-state index contributed by atoms with van der Waals surface area (Å²) in [5, 5.41) is 2.85. The van der Waals surface area contributed by atoms with Crippen molar-refractivity contribution in [2.24, 2.45) is 5.73 Å². The summed E-state index contributed by atoms with van der Waals surface area (Å²) in [6, 6.07) is 4.01. The average molecular weight is 343 g/mol. The molecular weight excluding hydrogens is 321 g/mol. The molecule has 1 amide bonds. The molecule has 1 saturated carbocycles. The molecule has 23 heavy (non-hydrogen) atoms. The Labute approximate surface area is 135 Å². The number of rotatable bonds is 6. The fourth-order valence-corrected chi connectivity index (χ4v) is 4.10. The zero-order chi connectivity index (χ0) is 17.1. The average Bonchev–Trinajstić information content (AvgIpc) is 2.96. The van der Waals surface area contributed by atoms with E-state index in [1.165, 1.54) is 19.1 Å². The molecule has 0 heterocycles. The minimum Gasteiger partial charge on any atom is -0.348 e. The van der Waals surface area contributed by atoms with E-state index >= 15 is 0 Å². The van der Waals surface area contributed by atoms with Crippen LogP contribution in [0.15, 0.2) is 29.2 Å². The maximum atomic E-state index is 13.6. The summed E-state index contributed by atoms with van der Waals surface area (Å²) in [4.78, 5) is 11.8. The van der Waals surface area contributed by atoms with Crippen LogP contribution in [0.4, 0.5) is 4.39 Å². The summed E-state index contributed by atoms with van der Waals surface area (Å²) >= 11 is 0. The topological polar surface area (TPSA) is 101 Å². The van der Waals surface area contributed by atoms with Crippen LogP contribution in [0.3, 0.4) is 0 Å².